The summed E-state index contributed by atoms with van der Waals surface area (Å²) in [4.78, 5) is 22.3. The summed E-state index contributed by atoms with van der Waals surface area (Å²) < 4.78 is 15.8. The van der Waals surface area contributed by atoms with Crippen LogP contribution in [0.2, 0.25) is 0 Å². The number of rotatable bonds is 12. The van der Waals surface area contributed by atoms with E-state index in [1.54, 1.807) is 13.8 Å². The van der Waals surface area contributed by atoms with Gasteiger partial charge >= 0.3 is 11.9 Å². The first-order chi connectivity index (χ1) is 14.9. The highest BCUT2D eigenvalue weighted by atomic mass is 16.6. The van der Waals surface area contributed by atoms with E-state index in [1.165, 1.54) is 16.7 Å². The molecule has 5 nitrogen and oxygen atoms in total. The predicted molar refractivity (Wildman–Crippen MR) is 121 cm³/mol. The van der Waals surface area contributed by atoms with Crippen molar-refractivity contribution in [3.63, 3.8) is 0 Å². The highest BCUT2D eigenvalue weighted by Crippen LogP contribution is 2.32. The van der Waals surface area contributed by atoms with Crippen LogP contribution in [0, 0.1) is 0 Å². The standard InChI is InChI=1S/C26H34O5/c1-5-24(27)30-17-7-8-20-9-11-21(12-10-20)26(3,4)22-13-15-23(16-14-22)29-18-19-31-25(28)6-2/h9-16H,5-8,17-19H2,1-4H3. The smallest absolute Gasteiger partial charge is 0.305 e. The second-order valence-electron chi connectivity index (χ2n) is 7.95. The molecule has 0 aliphatic rings. The Kier molecular flexibility index (Phi) is 9.57. The van der Waals surface area contributed by atoms with Crippen molar-refractivity contribution in [2.75, 3.05) is 19.8 Å². The van der Waals surface area contributed by atoms with Crippen LogP contribution in [-0.2, 0) is 30.9 Å². The molecule has 0 aliphatic carbocycles. The van der Waals surface area contributed by atoms with Crippen LogP contribution in [0.4, 0.5) is 0 Å². The summed E-state index contributed by atoms with van der Waals surface area (Å²) in [5.74, 6) is 0.395. The van der Waals surface area contributed by atoms with Gasteiger partial charge < -0.3 is 14.2 Å². The number of benzene rings is 2. The summed E-state index contributed by atoms with van der Waals surface area (Å²) in [5.41, 5.74) is 3.51. The van der Waals surface area contributed by atoms with Crippen molar-refractivity contribution < 1.29 is 23.8 Å². The molecule has 168 valence electrons. The van der Waals surface area contributed by atoms with Crippen molar-refractivity contribution in [3.05, 3.63) is 65.2 Å². The van der Waals surface area contributed by atoms with E-state index in [-0.39, 0.29) is 24.0 Å². The zero-order valence-corrected chi connectivity index (χ0v) is 19.1. The van der Waals surface area contributed by atoms with Gasteiger partial charge in [0, 0.05) is 18.3 Å². The first-order valence-corrected chi connectivity index (χ1v) is 11.0. The van der Waals surface area contributed by atoms with Crippen LogP contribution >= 0.6 is 0 Å². The molecular weight excluding hydrogens is 392 g/mol. The molecule has 0 unspecified atom stereocenters. The molecule has 5 heteroatoms. The Morgan fingerprint density at radius 2 is 1.26 bits per heavy atom. The van der Waals surface area contributed by atoms with Gasteiger partial charge in [-0.25, -0.2) is 0 Å². The molecule has 0 atom stereocenters. The molecule has 0 aromatic heterocycles. The largest absolute Gasteiger partial charge is 0.490 e. The van der Waals surface area contributed by atoms with Gasteiger partial charge in [0.25, 0.3) is 0 Å². The summed E-state index contributed by atoms with van der Waals surface area (Å²) in [7, 11) is 0. The zero-order valence-electron chi connectivity index (χ0n) is 19.1. The summed E-state index contributed by atoms with van der Waals surface area (Å²) in [6.07, 6.45) is 2.51. The SMILES string of the molecule is CCC(=O)OCCCc1ccc(C(C)(C)c2ccc(OCCOC(=O)CC)cc2)cc1. The Bertz CT molecular complexity index is 752. The van der Waals surface area contributed by atoms with Crippen LogP contribution < -0.4 is 4.74 Å². The van der Waals surface area contributed by atoms with E-state index >= 15 is 0 Å². The van der Waals surface area contributed by atoms with E-state index in [4.69, 9.17) is 14.2 Å². The lowest BCUT2D eigenvalue weighted by Crippen LogP contribution is -2.19. The maximum atomic E-state index is 11.2. The third-order valence-electron chi connectivity index (χ3n) is 5.32. The maximum absolute atomic E-state index is 11.2. The second kappa shape index (κ2) is 12.1. The van der Waals surface area contributed by atoms with Crippen molar-refractivity contribution in [2.24, 2.45) is 0 Å². The zero-order chi connectivity index (χ0) is 22.7. The molecular formula is C26H34O5. The number of carbonyl (C=O) groups is 2. The topological polar surface area (TPSA) is 61.8 Å². The van der Waals surface area contributed by atoms with Gasteiger partial charge in [-0.05, 0) is 41.7 Å². The van der Waals surface area contributed by atoms with Gasteiger partial charge in [0.1, 0.15) is 19.0 Å². The van der Waals surface area contributed by atoms with E-state index < -0.39 is 0 Å². The van der Waals surface area contributed by atoms with Gasteiger partial charge in [-0.2, -0.15) is 0 Å². The summed E-state index contributed by atoms with van der Waals surface area (Å²) in [6, 6.07) is 16.7. The minimum Gasteiger partial charge on any atom is -0.490 e. The summed E-state index contributed by atoms with van der Waals surface area (Å²) in [5, 5.41) is 0. The molecule has 0 spiro atoms. The minimum absolute atomic E-state index is 0.145. The molecule has 0 bridgehead atoms. The van der Waals surface area contributed by atoms with Gasteiger partial charge in [-0.15, -0.1) is 0 Å². The quantitative estimate of drug-likeness (QED) is 0.343. The fraction of sp³-hybridized carbons (Fsp3) is 0.462. The second-order valence-corrected chi connectivity index (χ2v) is 7.95. The van der Waals surface area contributed by atoms with E-state index in [1.807, 2.05) is 12.1 Å². The Morgan fingerprint density at radius 1 is 0.742 bits per heavy atom. The number of aryl methyl sites for hydroxylation is 1. The van der Waals surface area contributed by atoms with Crippen molar-refractivity contribution in [1.82, 2.24) is 0 Å². The van der Waals surface area contributed by atoms with Crippen LogP contribution in [0.25, 0.3) is 0 Å². The van der Waals surface area contributed by atoms with Crippen LogP contribution in [0.15, 0.2) is 48.5 Å². The van der Waals surface area contributed by atoms with Gasteiger partial charge in [0.2, 0.25) is 0 Å². The lowest BCUT2D eigenvalue weighted by molar-refractivity contribution is -0.144. The van der Waals surface area contributed by atoms with E-state index in [9.17, 15) is 9.59 Å². The maximum Gasteiger partial charge on any atom is 0.305 e. The molecule has 0 aliphatic heterocycles. The number of hydrogen-bond acceptors (Lipinski definition) is 5. The van der Waals surface area contributed by atoms with Crippen molar-refractivity contribution in [1.29, 1.82) is 0 Å². The van der Waals surface area contributed by atoms with Crippen LogP contribution in [0.1, 0.15) is 63.6 Å². The number of esters is 2. The molecule has 2 aromatic rings. The lowest BCUT2D eigenvalue weighted by Gasteiger charge is -2.26. The van der Waals surface area contributed by atoms with Gasteiger partial charge in [-0.3, -0.25) is 9.59 Å². The fourth-order valence-corrected chi connectivity index (χ4v) is 3.20. The van der Waals surface area contributed by atoms with Gasteiger partial charge in [0.05, 0.1) is 6.61 Å². The predicted octanol–water partition coefficient (Wildman–Crippen LogP) is 5.23. The number of ether oxygens (including phenoxy) is 3. The molecule has 2 rings (SSSR count). The van der Waals surface area contributed by atoms with Gasteiger partial charge in [0.15, 0.2) is 0 Å². The van der Waals surface area contributed by atoms with Crippen molar-refractivity contribution in [3.8, 4) is 5.75 Å². The lowest BCUT2D eigenvalue weighted by atomic mass is 9.78. The fourth-order valence-electron chi connectivity index (χ4n) is 3.20. The van der Waals surface area contributed by atoms with E-state index in [0.717, 1.165) is 18.6 Å². The third-order valence-corrected chi connectivity index (χ3v) is 5.32. The van der Waals surface area contributed by atoms with Crippen LogP contribution in [0.3, 0.4) is 0 Å². The van der Waals surface area contributed by atoms with Gasteiger partial charge in [-0.1, -0.05) is 64.1 Å². The average Bonchev–Trinajstić information content (AvgIpc) is 2.79. The molecule has 0 N–H and O–H groups in total. The minimum atomic E-state index is -0.216. The Hall–Kier alpha value is -2.82. The monoisotopic (exact) mass is 426 g/mol. The average molecular weight is 427 g/mol. The molecule has 0 saturated heterocycles. The third kappa shape index (κ3) is 7.74. The molecule has 0 heterocycles. The molecule has 31 heavy (non-hydrogen) atoms. The highest BCUT2D eigenvalue weighted by molar-refractivity contribution is 5.69. The van der Waals surface area contributed by atoms with Crippen molar-refractivity contribution >= 4 is 11.9 Å². The molecule has 0 amide bonds. The highest BCUT2D eigenvalue weighted by Gasteiger charge is 2.23. The van der Waals surface area contributed by atoms with Crippen LogP contribution in [0.5, 0.6) is 5.75 Å². The van der Waals surface area contributed by atoms with Crippen molar-refractivity contribution in [2.45, 2.75) is 58.8 Å². The Morgan fingerprint density at radius 3 is 1.81 bits per heavy atom. The number of carbonyl (C=O) groups excluding carboxylic acids is 2. The summed E-state index contributed by atoms with van der Waals surface area (Å²) in [6.45, 7) is 9.04. The van der Waals surface area contributed by atoms with E-state index in [0.29, 0.717) is 26.1 Å². The molecule has 0 saturated carbocycles. The first kappa shape index (κ1) is 24.4. The number of hydrogen-bond donors (Lipinski definition) is 0. The van der Waals surface area contributed by atoms with Crippen LogP contribution in [-0.4, -0.2) is 31.8 Å². The first-order valence-electron chi connectivity index (χ1n) is 11.0. The molecule has 0 radical (unpaired) electrons. The normalized spacial score (nSPS) is 11.1. The molecule has 2 aromatic carbocycles. The van der Waals surface area contributed by atoms with E-state index in [2.05, 4.69) is 50.2 Å². The molecule has 0 fully saturated rings. The Balaban J connectivity index is 1.89. The summed E-state index contributed by atoms with van der Waals surface area (Å²) >= 11 is 0. The Labute approximate surface area is 185 Å².